The molecule has 6 rings (SSSR count). The Morgan fingerprint density at radius 1 is 0.848 bits per heavy atom. The van der Waals surface area contributed by atoms with Gasteiger partial charge in [-0.25, -0.2) is 0 Å². The minimum absolute atomic E-state index is 0.0205. The molecule has 6 nitrogen and oxygen atoms in total. The summed E-state index contributed by atoms with van der Waals surface area (Å²) in [7, 11) is 1.59. The van der Waals surface area contributed by atoms with Crippen molar-refractivity contribution in [3.8, 4) is 11.5 Å². The number of hydrogen-bond acceptors (Lipinski definition) is 6. The monoisotopic (exact) mass is 633 g/mol. The summed E-state index contributed by atoms with van der Waals surface area (Å²) >= 11 is 6.14. The Kier molecular flexibility index (Phi) is 9.65. The molecule has 1 heterocycles. The van der Waals surface area contributed by atoms with Crippen molar-refractivity contribution in [2.75, 3.05) is 13.7 Å². The number of esters is 1. The zero-order valence-corrected chi connectivity index (χ0v) is 26.7. The second kappa shape index (κ2) is 14.2. The van der Waals surface area contributed by atoms with Gasteiger partial charge in [-0.15, -0.1) is 0 Å². The van der Waals surface area contributed by atoms with Crippen molar-refractivity contribution in [3.05, 3.63) is 142 Å². The van der Waals surface area contributed by atoms with Gasteiger partial charge in [0.05, 0.1) is 13.7 Å². The first-order chi connectivity index (χ1) is 22.4. The second-order valence-electron chi connectivity index (χ2n) is 11.7. The van der Waals surface area contributed by atoms with Crippen LogP contribution in [0.5, 0.6) is 11.5 Å². The molecule has 234 valence electrons. The number of ketones is 1. The molecule has 0 amide bonds. The smallest absolute Gasteiger partial charge is 0.315 e. The van der Waals surface area contributed by atoms with E-state index in [-0.39, 0.29) is 18.3 Å². The maximum Gasteiger partial charge on any atom is 0.315 e. The van der Waals surface area contributed by atoms with Crippen LogP contribution in [0.4, 0.5) is 0 Å². The molecule has 0 saturated carbocycles. The average molecular weight is 634 g/mol. The van der Waals surface area contributed by atoms with E-state index in [2.05, 4.69) is 0 Å². The summed E-state index contributed by atoms with van der Waals surface area (Å²) in [6, 6.07) is 33.1. The Morgan fingerprint density at radius 2 is 1.52 bits per heavy atom. The van der Waals surface area contributed by atoms with E-state index in [0.29, 0.717) is 53.7 Å². The minimum atomic E-state index is -0.758. The van der Waals surface area contributed by atoms with Gasteiger partial charge in [0.25, 0.3) is 0 Å². The van der Waals surface area contributed by atoms with E-state index in [9.17, 15) is 9.59 Å². The molecule has 0 spiro atoms. The van der Waals surface area contributed by atoms with Crippen LogP contribution in [0.1, 0.15) is 53.9 Å². The second-order valence-corrected chi connectivity index (χ2v) is 12.2. The molecule has 2 aliphatic rings. The zero-order chi connectivity index (χ0) is 32.0. The van der Waals surface area contributed by atoms with E-state index in [1.54, 1.807) is 7.11 Å². The van der Waals surface area contributed by atoms with Gasteiger partial charge in [0.15, 0.2) is 17.3 Å². The number of methoxy groups -OCH3 is 1. The lowest BCUT2D eigenvalue weighted by Gasteiger charge is -2.36. The predicted octanol–water partition coefficient (Wildman–Crippen LogP) is 8.29. The number of aliphatic imine (C=N–C) groups is 1. The molecule has 46 heavy (non-hydrogen) atoms. The van der Waals surface area contributed by atoms with Crippen molar-refractivity contribution in [2.45, 2.75) is 44.6 Å². The molecule has 0 saturated heterocycles. The number of rotatable bonds is 10. The topological polar surface area (TPSA) is 74.2 Å². The van der Waals surface area contributed by atoms with Gasteiger partial charge in [0, 0.05) is 40.8 Å². The summed E-state index contributed by atoms with van der Waals surface area (Å²) in [5, 5.41) is 0.649. The lowest BCUT2D eigenvalue weighted by Crippen LogP contribution is -2.38. The van der Waals surface area contributed by atoms with E-state index in [0.717, 1.165) is 28.0 Å². The minimum Gasteiger partial charge on any atom is -0.493 e. The van der Waals surface area contributed by atoms with Gasteiger partial charge in [0.2, 0.25) is 0 Å². The highest BCUT2D eigenvalue weighted by Crippen LogP contribution is 2.48. The van der Waals surface area contributed by atoms with Crippen LogP contribution >= 0.6 is 11.6 Å². The molecule has 1 aliphatic heterocycles. The Hall–Kier alpha value is -4.68. The van der Waals surface area contributed by atoms with Gasteiger partial charge in [-0.2, -0.15) is 0 Å². The normalized spacial score (nSPS) is 19.2. The zero-order valence-electron chi connectivity index (χ0n) is 25.9. The molecule has 4 aromatic rings. The van der Waals surface area contributed by atoms with Crippen LogP contribution in [0.15, 0.2) is 119 Å². The molecule has 7 heteroatoms. The molecule has 0 N–H and O–H groups in total. The van der Waals surface area contributed by atoms with E-state index in [4.69, 9.17) is 30.8 Å². The summed E-state index contributed by atoms with van der Waals surface area (Å²) in [4.78, 5) is 32.8. The number of benzene rings is 4. The maximum absolute atomic E-state index is 14.1. The molecule has 1 aliphatic carbocycles. The highest BCUT2D eigenvalue weighted by molar-refractivity contribution is 6.30. The highest BCUT2D eigenvalue weighted by Gasteiger charge is 2.45. The number of halogens is 1. The number of Topliss-reactive ketones (excluding diaryl/α,β-unsaturated/α-hetero) is 1. The van der Waals surface area contributed by atoms with Crippen LogP contribution in [-0.2, 0) is 27.4 Å². The Morgan fingerprint density at radius 3 is 2.22 bits per heavy atom. The maximum atomic E-state index is 14.1. The summed E-state index contributed by atoms with van der Waals surface area (Å²) in [5.41, 5.74) is 5.84. The van der Waals surface area contributed by atoms with Gasteiger partial charge in [-0.3, -0.25) is 14.6 Å². The fourth-order valence-corrected chi connectivity index (χ4v) is 6.56. The van der Waals surface area contributed by atoms with Crippen molar-refractivity contribution >= 4 is 29.1 Å². The van der Waals surface area contributed by atoms with Gasteiger partial charge >= 0.3 is 5.97 Å². The fraction of sp³-hybridized carbons (Fsp3) is 0.256. The molecular weight excluding hydrogens is 598 g/mol. The quantitative estimate of drug-likeness (QED) is 0.164. The lowest BCUT2D eigenvalue weighted by atomic mass is 9.69. The lowest BCUT2D eigenvalue weighted by molar-refractivity contribution is -0.146. The summed E-state index contributed by atoms with van der Waals surface area (Å²) in [5.74, 6) is -0.686. The van der Waals surface area contributed by atoms with Gasteiger partial charge in [0.1, 0.15) is 12.5 Å². The number of allylic oxidation sites excluding steroid dienone is 2. The molecule has 0 fully saturated rings. The standard InChI is InChI=1S/C39H36ClNO5/c1-25-36(39(43)45-20-19-26-9-5-3-6-10-26)37(29-15-18-34(35(23-29)44-2)46-24-27-11-7-4-8-12-27)38-32(41-25)21-30(22-33(38)42)28-13-16-31(40)17-14-28/h3-18,23,30,36-37H,19-22,24H2,1-2H3/t30-,36?,37-/m1/s1. The van der Waals surface area contributed by atoms with E-state index in [1.807, 2.05) is 110 Å². The average Bonchev–Trinajstić information content (AvgIpc) is 3.07. The van der Waals surface area contributed by atoms with Crippen LogP contribution < -0.4 is 9.47 Å². The van der Waals surface area contributed by atoms with E-state index >= 15 is 0 Å². The highest BCUT2D eigenvalue weighted by atomic mass is 35.5. The van der Waals surface area contributed by atoms with Crippen molar-refractivity contribution < 1.29 is 23.8 Å². The first-order valence-corrected chi connectivity index (χ1v) is 15.9. The number of carbonyl (C=O) groups excluding carboxylic acids is 2. The van der Waals surface area contributed by atoms with Crippen molar-refractivity contribution in [2.24, 2.45) is 10.9 Å². The Bertz CT molecular complexity index is 1770. The molecule has 0 bridgehead atoms. The molecule has 3 atom stereocenters. The van der Waals surface area contributed by atoms with Crippen LogP contribution in [0.3, 0.4) is 0 Å². The number of carbonyl (C=O) groups is 2. The predicted molar refractivity (Wildman–Crippen MR) is 180 cm³/mol. The Balaban J connectivity index is 1.33. The SMILES string of the molecule is COc1cc([C@H]2C3=C(C[C@@H](c4ccc(Cl)cc4)CC3=O)N=C(C)C2C(=O)OCCc2ccccc2)ccc1OCc1ccccc1. The molecule has 0 radical (unpaired) electrons. The van der Waals surface area contributed by atoms with Gasteiger partial charge < -0.3 is 14.2 Å². The first-order valence-electron chi connectivity index (χ1n) is 15.5. The Labute approximate surface area is 274 Å². The molecule has 1 unspecified atom stereocenters. The third kappa shape index (κ3) is 6.92. The summed E-state index contributed by atoms with van der Waals surface area (Å²) in [6.45, 7) is 2.46. The number of hydrogen-bond donors (Lipinski definition) is 0. The third-order valence-corrected chi connectivity index (χ3v) is 9.00. The van der Waals surface area contributed by atoms with Crippen LogP contribution in [-0.4, -0.2) is 31.2 Å². The first kappa shape index (κ1) is 31.3. The number of ether oxygens (including phenoxy) is 3. The van der Waals surface area contributed by atoms with Crippen LogP contribution in [0, 0.1) is 5.92 Å². The van der Waals surface area contributed by atoms with E-state index in [1.165, 1.54) is 0 Å². The van der Waals surface area contributed by atoms with Crippen molar-refractivity contribution in [3.63, 3.8) is 0 Å². The van der Waals surface area contributed by atoms with Crippen molar-refractivity contribution in [1.29, 1.82) is 0 Å². The third-order valence-electron chi connectivity index (χ3n) is 8.75. The fourth-order valence-electron chi connectivity index (χ4n) is 6.43. The summed E-state index contributed by atoms with van der Waals surface area (Å²) < 4.78 is 17.8. The van der Waals surface area contributed by atoms with Gasteiger partial charge in [-0.1, -0.05) is 90.5 Å². The van der Waals surface area contributed by atoms with E-state index < -0.39 is 17.8 Å². The summed E-state index contributed by atoms with van der Waals surface area (Å²) in [6.07, 6.45) is 1.50. The molecular formula is C39H36ClNO5. The van der Waals surface area contributed by atoms with Crippen LogP contribution in [0.2, 0.25) is 5.02 Å². The van der Waals surface area contributed by atoms with Crippen molar-refractivity contribution in [1.82, 2.24) is 0 Å². The van der Waals surface area contributed by atoms with Crippen LogP contribution in [0.25, 0.3) is 0 Å². The largest absolute Gasteiger partial charge is 0.493 e. The number of nitrogens with zero attached hydrogens (tertiary/aromatic N) is 1. The van der Waals surface area contributed by atoms with Gasteiger partial charge in [-0.05, 0) is 65.8 Å². The molecule has 4 aromatic carbocycles. The molecule has 0 aromatic heterocycles.